The maximum absolute atomic E-state index is 13.2. The van der Waals surface area contributed by atoms with Gasteiger partial charge in [-0.25, -0.2) is 4.39 Å². The van der Waals surface area contributed by atoms with Gasteiger partial charge in [0.15, 0.2) is 0 Å². The van der Waals surface area contributed by atoms with E-state index < -0.39 is 0 Å². The van der Waals surface area contributed by atoms with E-state index in [1.807, 2.05) is 0 Å². The Morgan fingerprint density at radius 3 is 2.85 bits per heavy atom. The average Bonchev–Trinajstić information content (AvgIpc) is 2.09. The fraction of sp³-hybridized carbons (Fsp3) is 0.200. The van der Waals surface area contributed by atoms with Crippen molar-refractivity contribution in [1.82, 2.24) is 0 Å². The van der Waals surface area contributed by atoms with Crippen LogP contribution in [0, 0.1) is 12.7 Å². The van der Waals surface area contributed by atoms with Crippen molar-refractivity contribution in [3.05, 3.63) is 40.2 Å². The van der Waals surface area contributed by atoms with Crippen molar-refractivity contribution in [2.75, 3.05) is 5.75 Å². The zero-order valence-electron chi connectivity index (χ0n) is 7.22. The van der Waals surface area contributed by atoms with E-state index in [2.05, 4.69) is 12.6 Å². The van der Waals surface area contributed by atoms with Crippen LogP contribution in [-0.4, -0.2) is 5.75 Å². The van der Waals surface area contributed by atoms with Gasteiger partial charge < -0.3 is 0 Å². The number of hydrogen-bond donors (Lipinski definition) is 1. The molecule has 1 rings (SSSR count). The fourth-order valence-corrected chi connectivity index (χ4v) is 1.25. The molecule has 0 N–H and O–H groups in total. The number of hydrogen-bond acceptors (Lipinski definition) is 1. The van der Waals surface area contributed by atoms with E-state index in [-0.39, 0.29) is 5.82 Å². The highest BCUT2D eigenvalue weighted by Crippen LogP contribution is 2.20. The number of thiol groups is 1. The molecule has 0 saturated carbocycles. The molecular formula is C10H10ClFS. The molecule has 0 aromatic heterocycles. The summed E-state index contributed by atoms with van der Waals surface area (Å²) in [6.45, 7) is 1.78. The van der Waals surface area contributed by atoms with Gasteiger partial charge in [0.25, 0.3) is 0 Å². The molecule has 3 heteroatoms. The van der Waals surface area contributed by atoms with Crippen molar-refractivity contribution in [3.8, 4) is 0 Å². The molecule has 0 aliphatic carbocycles. The molecule has 1 aromatic carbocycles. The number of halogens is 2. The summed E-state index contributed by atoms with van der Waals surface area (Å²) >= 11 is 9.83. The average molecular weight is 217 g/mol. The van der Waals surface area contributed by atoms with Crippen molar-refractivity contribution in [2.45, 2.75) is 6.92 Å². The van der Waals surface area contributed by atoms with Gasteiger partial charge in [-0.2, -0.15) is 12.6 Å². The maximum atomic E-state index is 13.2. The van der Waals surface area contributed by atoms with Crippen LogP contribution < -0.4 is 0 Å². The van der Waals surface area contributed by atoms with Crippen molar-refractivity contribution in [3.63, 3.8) is 0 Å². The van der Waals surface area contributed by atoms with Gasteiger partial charge in [0.1, 0.15) is 5.82 Å². The first-order valence-corrected chi connectivity index (χ1v) is 4.89. The summed E-state index contributed by atoms with van der Waals surface area (Å²) in [6.07, 6.45) is 3.45. The highest BCUT2D eigenvalue weighted by molar-refractivity contribution is 7.80. The van der Waals surface area contributed by atoms with Gasteiger partial charge in [-0.3, -0.25) is 0 Å². The summed E-state index contributed by atoms with van der Waals surface area (Å²) in [4.78, 5) is 0. The number of benzene rings is 1. The van der Waals surface area contributed by atoms with Crippen LogP contribution >= 0.6 is 24.2 Å². The van der Waals surface area contributed by atoms with Gasteiger partial charge in [0.05, 0.1) is 0 Å². The van der Waals surface area contributed by atoms with Crippen LogP contribution in [0.1, 0.15) is 11.1 Å². The Bertz CT molecular complexity index is 334. The van der Waals surface area contributed by atoms with Gasteiger partial charge in [-0.05, 0) is 24.6 Å². The van der Waals surface area contributed by atoms with Crippen molar-refractivity contribution >= 4 is 30.3 Å². The van der Waals surface area contributed by atoms with E-state index >= 15 is 0 Å². The Morgan fingerprint density at radius 2 is 2.23 bits per heavy atom. The Kier molecular flexibility index (Phi) is 3.82. The molecule has 0 amide bonds. The molecular weight excluding hydrogens is 207 g/mol. The molecule has 0 nitrogen and oxygen atoms in total. The zero-order chi connectivity index (χ0) is 9.84. The third-order valence-corrected chi connectivity index (χ3v) is 2.30. The second kappa shape index (κ2) is 4.68. The smallest absolute Gasteiger partial charge is 0.130 e. The van der Waals surface area contributed by atoms with Crippen LogP contribution in [0.25, 0.3) is 6.08 Å². The van der Waals surface area contributed by atoms with Crippen LogP contribution in [0.15, 0.2) is 18.2 Å². The van der Waals surface area contributed by atoms with Crippen LogP contribution in [0.4, 0.5) is 4.39 Å². The van der Waals surface area contributed by atoms with E-state index in [9.17, 15) is 4.39 Å². The monoisotopic (exact) mass is 216 g/mol. The lowest BCUT2D eigenvalue weighted by atomic mass is 10.1. The molecule has 0 radical (unpaired) electrons. The second-order valence-electron chi connectivity index (χ2n) is 2.71. The molecule has 0 bridgehead atoms. The molecule has 0 aliphatic rings. The topological polar surface area (TPSA) is 0 Å². The summed E-state index contributed by atoms with van der Waals surface area (Å²) in [5.41, 5.74) is 1.26. The molecule has 0 fully saturated rings. The highest BCUT2D eigenvalue weighted by Gasteiger charge is 2.02. The molecule has 0 atom stereocenters. The number of aryl methyl sites for hydroxylation is 1. The van der Waals surface area contributed by atoms with Crippen molar-refractivity contribution in [1.29, 1.82) is 0 Å². The summed E-state index contributed by atoms with van der Waals surface area (Å²) < 4.78 is 13.2. The summed E-state index contributed by atoms with van der Waals surface area (Å²) in [5.74, 6) is 0.338. The highest BCUT2D eigenvalue weighted by atomic mass is 35.5. The molecule has 1 aromatic rings. The normalized spacial score (nSPS) is 11.1. The maximum Gasteiger partial charge on any atom is 0.130 e. The largest absolute Gasteiger partial charge is 0.206 e. The Hall–Kier alpha value is -0.470. The lowest BCUT2D eigenvalue weighted by Gasteiger charge is -2.01. The first kappa shape index (κ1) is 10.6. The molecule has 0 spiro atoms. The predicted molar refractivity (Wildman–Crippen MR) is 59.0 cm³/mol. The number of rotatable bonds is 2. The van der Waals surface area contributed by atoms with E-state index in [0.717, 1.165) is 5.56 Å². The van der Waals surface area contributed by atoms with E-state index in [4.69, 9.17) is 11.6 Å². The van der Waals surface area contributed by atoms with Crippen LogP contribution in [0.3, 0.4) is 0 Å². The van der Waals surface area contributed by atoms with E-state index in [1.165, 1.54) is 6.07 Å². The lowest BCUT2D eigenvalue weighted by molar-refractivity contribution is 0.624. The first-order valence-electron chi connectivity index (χ1n) is 3.88. The van der Waals surface area contributed by atoms with Crippen LogP contribution in [0.2, 0.25) is 5.02 Å². The van der Waals surface area contributed by atoms with Crippen molar-refractivity contribution in [2.24, 2.45) is 0 Å². The van der Waals surface area contributed by atoms with Crippen molar-refractivity contribution < 1.29 is 4.39 Å². The van der Waals surface area contributed by atoms with Gasteiger partial charge in [0, 0.05) is 16.3 Å². The quantitative estimate of drug-likeness (QED) is 0.716. The third-order valence-electron chi connectivity index (χ3n) is 1.68. The fourth-order valence-electron chi connectivity index (χ4n) is 0.969. The van der Waals surface area contributed by atoms with E-state index in [0.29, 0.717) is 16.3 Å². The minimum Gasteiger partial charge on any atom is -0.206 e. The lowest BCUT2D eigenvalue weighted by Crippen LogP contribution is -1.85. The first-order chi connectivity index (χ1) is 6.15. The molecule has 0 aliphatic heterocycles. The van der Waals surface area contributed by atoms with Gasteiger partial charge in [-0.15, -0.1) is 0 Å². The van der Waals surface area contributed by atoms with Crippen LogP contribution in [0.5, 0.6) is 0 Å². The molecule has 0 unspecified atom stereocenters. The summed E-state index contributed by atoms with van der Waals surface area (Å²) in [5, 5.41) is 0.584. The Balaban J connectivity index is 3.08. The molecule has 13 heavy (non-hydrogen) atoms. The minimum atomic E-state index is -0.250. The second-order valence-corrected chi connectivity index (χ2v) is 3.48. The summed E-state index contributed by atoms with van der Waals surface area (Å²) in [6, 6.07) is 3.05. The molecule has 70 valence electrons. The Labute approximate surface area is 87.8 Å². The Morgan fingerprint density at radius 1 is 1.54 bits per heavy atom. The minimum absolute atomic E-state index is 0.250. The molecule has 0 saturated heterocycles. The van der Waals surface area contributed by atoms with E-state index in [1.54, 1.807) is 25.1 Å². The summed E-state index contributed by atoms with van der Waals surface area (Å²) in [7, 11) is 0. The van der Waals surface area contributed by atoms with Crippen LogP contribution in [-0.2, 0) is 0 Å². The third kappa shape index (κ3) is 2.75. The van der Waals surface area contributed by atoms with Gasteiger partial charge in [0.2, 0.25) is 0 Å². The van der Waals surface area contributed by atoms with Gasteiger partial charge in [-0.1, -0.05) is 23.8 Å². The van der Waals surface area contributed by atoms with Gasteiger partial charge >= 0.3 is 0 Å². The SMILES string of the molecule is Cc1cc(F)c(C=CCS)cc1Cl. The predicted octanol–water partition coefficient (Wildman–Crippen LogP) is 3.73. The zero-order valence-corrected chi connectivity index (χ0v) is 8.87. The molecule has 0 heterocycles. The standard InChI is InChI=1S/C10H10ClFS/c1-7-5-10(12)8(3-2-4-13)6-9(7)11/h2-3,5-6,13H,4H2,1H3.